The van der Waals surface area contributed by atoms with Gasteiger partial charge in [-0.15, -0.1) is 0 Å². The topological polar surface area (TPSA) is 84.6 Å². The third-order valence-corrected chi connectivity index (χ3v) is 2.43. The standard InChI is InChI=1S/C12H17FN2O4/c13-11-2-3-12(15(17)18)10(8-11)9-14-4-1-6-19-7-5-16/h2-3,8,14,16H,1,4-7,9H2. The summed E-state index contributed by atoms with van der Waals surface area (Å²) in [5, 5.41) is 22.2. The molecule has 0 aliphatic rings. The molecule has 1 aromatic rings. The molecule has 0 aliphatic heterocycles. The number of rotatable bonds is 9. The lowest BCUT2D eigenvalue weighted by Crippen LogP contribution is -2.17. The number of ether oxygens (including phenoxy) is 1. The van der Waals surface area contributed by atoms with Crippen LogP contribution in [-0.4, -0.2) is 36.4 Å². The van der Waals surface area contributed by atoms with Crippen molar-refractivity contribution >= 4 is 5.69 Å². The molecule has 0 fully saturated rings. The molecule has 19 heavy (non-hydrogen) atoms. The third kappa shape index (κ3) is 5.73. The zero-order chi connectivity index (χ0) is 14.1. The Bertz CT molecular complexity index is 415. The molecule has 0 aliphatic carbocycles. The Balaban J connectivity index is 2.36. The van der Waals surface area contributed by atoms with E-state index >= 15 is 0 Å². The van der Waals surface area contributed by atoms with E-state index in [1.54, 1.807) is 0 Å². The van der Waals surface area contributed by atoms with Gasteiger partial charge in [0.05, 0.1) is 18.1 Å². The number of benzene rings is 1. The second-order valence-corrected chi connectivity index (χ2v) is 3.90. The summed E-state index contributed by atoms with van der Waals surface area (Å²) in [4.78, 5) is 10.2. The molecule has 0 heterocycles. The number of nitro groups is 1. The van der Waals surface area contributed by atoms with Crippen molar-refractivity contribution in [2.75, 3.05) is 26.4 Å². The summed E-state index contributed by atoms with van der Waals surface area (Å²) in [6.45, 7) is 1.62. The molecule has 0 saturated heterocycles. The van der Waals surface area contributed by atoms with Crippen molar-refractivity contribution in [2.45, 2.75) is 13.0 Å². The Morgan fingerprint density at radius 3 is 2.89 bits per heavy atom. The Hall–Kier alpha value is -1.57. The highest BCUT2D eigenvalue weighted by atomic mass is 19.1. The minimum Gasteiger partial charge on any atom is -0.394 e. The molecule has 0 amide bonds. The summed E-state index contributed by atoms with van der Waals surface area (Å²) in [5.74, 6) is -0.492. The maximum atomic E-state index is 13.0. The summed E-state index contributed by atoms with van der Waals surface area (Å²) >= 11 is 0. The molecule has 1 aromatic carbocycles. The highest BCUT2D eigenvalue weighted by molar-refractivity contribution is 5.40. The van der Waals surface area contributed by atoms with Gasteiger partial charge in [-0.3, -0.25) is 10.1 Å². The molecule has 0 bridgehead atoms. The lowest BCUT2D eigenvalue weighted by Gasteiger charge is -2.06. The Morgan fingerprint density at radius 2 is 2.21 bits per heavy atom. The molecule has 0 spiro atoms. The van der Waals surface area contributed by atoms with Crippen LogP contribution in [0.15, 0.2) is 18.2 Å². The Morgan fingerprint density at radius 1 is 1.42 bits per heavy atom. The van der Waals surface area contributed by atoms with E-state index in [1.165, 1.54) is 0 Å². The van der Waals surface area contributed by atoms with Gasteiger partial charge in [0.25, 0.3) is 5.69 Å². The number of nitrogens with zero attached hydrogens (tertiary/aromatic N) is 1. The van der Waals surface area contributed by atoms with Gasteiger partial charge in [-0.2, -0.15) is 0 Å². The van der Waals surface area contributed by atoms with Crippen LogP contribution in [0.2, 0.25) is 0 Å². The van der Waals surface area contributed by atoms with E-state index in [9.17, 15) is 14.5 Å². The molecular weight excluding hydrogens is 255 g/mol. The predicted molar refractivity (Wildman–Crippen MR) is 67.3 cm³/mol. The maximum Gasteiger partial charge on any atom is 0.274 e. The van der Waals surface area contributed by atoms with E-state index in [0.29, 0.717) is 31.7 Å². The lowest BCUT2D eigenvalue weighted by atomic mass is 10.1. The molecule has 0 saturated carbocycles. The van der Waals surface area contributed by atoms with Crippen molar-refractivity contribution in [1.29, 1.82) is 0 Å². The van der Waals surface area contributed by atoms with Crippen molar-refractivity contribution < 1.29 is 19.2 Å². The molecular formula is C12H17FN2O4. The van der Waals surface area contributed by atoms with Gasteiger partial charge >= 0.3 is 0 Å². The SMILES string of the molecule is O=[N+]([O-])c1ccc(F)cc1CNCCCOCCO. The minimum absolute atomic E-state index is 0.0110. The summed E-state index contributed by atoms with van der Waals surface area (Å²) < 4.78 is 18.1. The zero-order valence-corrected chi connectivity index (χ0v) is 10.5. The fourth-order valence-corrected chi connectivity index (χ4v) is 1.56. The van der Waals surface area contributed by atoms with Gasteiger partial charge in [0.2, 0.25) is 0 Å². The smallest absolute Gasteiger partial charge is 0.274 e. The van der Waals surface area contributed by atoms with Gasteiger partial charge in [-0.25, -0.2) is 4.39 Å². The van der Waals surface area contributed by atoms with Crippen molar-refractivity contribution in [1.82, 2.24) is 5.32 Å². The number of nitro benzene ring substituents is 1. The summed E-state index contributed by atoms with van der Waals surface area (Å²) in [7, 11) is 0. The zero-order valence-electron chi connectivity index (χ0n) is 10.5. The highest BCUT2D eigenvalue weighted by Crippen LogP contribution is 2.19. The molecule has 6 nitrogen and oxygen atoms in total. The van der Waals surface area contributed by atoms with Crippen LogP contribution in [0.25, 0.3) is 0 Å². The fraction of sp³-hybridized carbons (Fsp3) is 0.500. The maximum absolute atomic E-state index is 13.0. The summed E-state index contributed by atoms with van der Waals surface area (Å²) in [6, 6.07) is 3.40. The molecule has 106 valence electrons. The second-order valence-electron chi connectivity index (χ2n) is 3.90. The number of aliphatic hydroxyl groups is 1. The van der Waals surface area contributed by atoms with Gasteiger partial charge in [-0.1, -0.05) is 0 Å². The minimum atomic E-state index is -0.527. The number of aliphatic hydroxyl groups excluding tert-OH is 1. The van der Waals surface area contributed by atoms with Crippen molar-refractivity contribution in [2.24, 2.45) is 0 Å². The number of nitrogens with one attached hydrogen (secondary N) is 1. The normalized spacial score (nSPS) is 10.6. The van der Waals surface area contributed by atoms with E-state index in [1.807, 2.05) is 0 Å². The average Bonchev–Trinajstić information content (AvgIpc) is 2.37. The van der Waals surface area contributed by atoms with Crippen molar-refractivity contribution in [3.05, 3.63) is 39.7 Å². The Labute approximate surface area is 110 Å². The van der Waals surface area contributed by atoms with Gasteiger partial charge in [0.15, 0.2) is 0 Å². The van der Waals surface area contributed by atoms with Crippen molar-refractivity contribution in [3.63, 3.8) is 0 Å². The highest BCUT2D eigenvalue weighted by Gasteiger charge is 2.13. The van der Waals surface area contributed by atoms with Gasteiger partial charge < -0.3 is 15.2 Å². The van der Waals surface area contributed by atoms with Crippen LogP contribution in [0, 0.1) is 15.9 Å². The molecule has 2 N–H and O–H groups in total. The van der Waals surface area contributed by atoms with Crippen LogP contribution < -0.4 is 5.32 Å². The van der Waals surface area contributed by atoms with E-state index in [2.05, 4.69) is 5.32 Å². The van der Waals surface area contributed by atoms with E-state index < -0.39 is 10.7 Å². The molecule has 1 rings (SSSR count). The van der Waals surface area contributed by atoms with Crippen LogP contribution in [0.5, 0.6) is 0 Å². The average molecular weight is 272 g/mol. The number of halogens is 1. The first-order valence-corrected chi connectivity index (χ1v) is 5.97. The molecule has 0 aromatic heterocycles. The first kappa shape index (κ1) is 15.5. The molecule has 0 atom stereocenters. The van der Waals surface area contributed by atoms with Crippen molar-refractivity contribution in [3.8, 4) is 0 Å². The first-order chi connectivity index (χ1) is 9.15. The number of hydrogen-bond acceptors (Lipinski definition) is 5. The third-order valence-electron chi connectivity index (χ3n) is 2.43. The largest absolute Gasteiger partial charge is 0.394 e. The number of hydrogen-bond donors (Lipinski definition) is 2. The van der Waals surface area contributed by atoms with Gasteiger partial charge in [-0.05, 0) is 25.1 Å². The van der Waals surface area contributed by atoms with E-state index in [0.717, 1.165) is 18.2 Å². The molecule has 0 radical (unpaired) electrons. The summed E-state index contributed by atoms with van der Waals surface area (Å²) in [6.07, 6.45) is 0.711. The van der Waals surface area contributed by atoms with Gasteiger partial charge in [0.1, 0.15) is 5.82 Å². The van der Waals surface area contributed by atoms with E-state index in [-0.39, 0.29) is 18.8 Å². The van der Waals surface area contributed by atoms with Crippen LogP contribution in [-0.2, 0) is 11.3 Å². The predicted octanol–water partition coefficient (Wildman–Crippen LogP) is 1.22. The van der Waals surface area contributed by atoms with E-state index in [4.69, 9.17) is 9.84 Å². The van der Waals surface area contributed by atoms with Crippen LogP contribution in [0.1, 0.15) is 12.0 Å². The Kier molecular flexibility index (Phi) is 6.94. The fourth-order valence-electron chi connectivity index (χ4n) is 1.56. The molecule has 0 unspecified atom stereocenters. The molecule has 7 heteroatoms. The van der Waals surface area contributed by atoms with Crippen LogP contribution in [0.3, 0.4) is 0 Å². The monoisotopic (exact) mass is 272 g/mol. The first-order valence-electron chi connectivity index (χ1n) is 5.97. The van der Waals surface area contributed by atoms with Crippen LogP contribution in [0.4, 0.5) is 10.1 Å². The second kappa shape index (κ2) is 8.52. The van der Waals surface area contributed by atoms with Crippen LogP contribution >= 0.6 is 0 Å². The quantitative estimate of drug-likeness (QED) is 0.401. The lowest BCUT2D eigenvalue weighted by molar-refractivity contribution is -0.385. The summed E-state index contributed by atoms with van der Waals surface area (Å²) in [5.41, 5.74) is 0.228. The van der Waals surface area contributed by atoms with Gasteiger partial charge in [0, 0.05) is 24.8 Å².